The van der Waals surface area contributed by atoms with Crippen LogP contribution in [0.15, 0.2) is 35.9 Å². The van der Waals surface area contributed by atoms with Crippen LogP contribution in [0.1, 0.15) is 55.0 Å². The van der Waals surface area contributed by atoms with Crippen LogP contribution in [0.5, 0.6) is 0 Å². The number of nitrogens with zero attached hydrogens (tertiary/aromatic N) is 2. The minimum Gasteiger partial charge on any atom is -0.461 e. The van der Waals surface area contributed by atoms with Crippen molar-refractivity contribution in [1.82, 2.24) is 4.98 Å². The van der Waals surface area contributed by atoms with Crippen molar-refractivity contribution < 1.29 is 27.9 Å². The van der Waals surface area contributed by atoms with Gasteiger partial charge in [0.15, 0.2) is 0 Å². The number of rotatable bonds is 8. The lowest BCUT2D eigenvalue weighted by molar-refractivity contribution is -0.00325. The Balaban J connectivity index is 2.28. The highest BCUT2D eigenvalue weighted by Crippen LogP contribution is 2.34. The van der Waals surface area contributed by atoms with Gasteiger partial charge in [0.25, 0.3) is 6.08 Å². The molecule has 0 aliphatic carbocycles. The summed E-state index contributed by atoms with van der Waals surface area (Å²) in [5.41, 5.74) is 1.08. The fourth-order valence-electron chi connectivity index (χ4n) is 2.37. The first-order valence-electron chi connectivity index (χ1n) is 9.47. The van der Waals surface area contributed by atoms with Gasteiger partial charge in [-0.15, -0.1) is 0 Å². The molecule has 0 spiro atoms. The van der Waals surface area contributed by atoms with Crippen molar-refractivity contribution in [3.8, 4) is 0 Å². The summed E-state index contributed by atoms with van der Waals surface area (Å²) in [4.78, 5) is 33.7. The zero-order chi connectivity index (χ0) is 23.2. The number of carbonyl (C=O) groups is 1. The molecular formula is C22H24F2N2O4S. The molecule has 0 amide bonds. The summed E-state index contributed by atoms with van der Waals surface area (Å²) in [6.07, 6.45) is -0.497. The number of hydrogen-bond acceptors (Lipinski definition) is 7. The van der Waals surface area contributed by atoms with Crippen molar-refractivity contribution in [1.29, 1.82) is 0 Å². The molecule has 0 aliphatic rings. The minimum atomic E-state index is -1.77. The largest absolute Gasteiger partial charge is 0.461 e. The number of halogens is 2. The first kappa shape index (κ1) is 24.4. The van der Waals surface area contributed by atoms with E-state index in [1.807, 2.05) is 20.8 Å². The maximum absolute atomic E-state index is 12.5. The summed E-state index contributed by atoms with van der Waals surface area (Å²) in [5.74, 6) is 1.10. The molecule has 166 valence electrons. The third-order valence-corrected chi connectivity index (χ3v) is 5.00. The van der Waals surface area contributed by atoms with Crippen LogP contribution in [0, 0.1) is 6.92 Å². The molecule has 1 aromatic carbocycles. The molecule has 0 unspecified atom stereocenters. The second kappa shape index (κ2) is 10.4. The lowest BCUT2D eigenvalue weighted by Crippen LogP contribution is -2.30. The minimum absolute atomic E-state index is 0.0420. The molecule has 0 N–H and O–H groups in total. The molecule has 6 nitrogen and oxygen atoms in total. The number of thiazole rings is 1. The van der Waals surface area contributed by atoms with Gasteiger partial charge in [-0.2, -0.15) is 13.8 Å². The summed E-state index contributed by atoms with van der Waals surface area (Å²) < 4.78 is 30.1. The van der Waals surface area contributed by atoms with E-state index in [2.05, 4.69) is 4.98 Å². The lowest BCUT2D eigenvalue weighted by atomic mass is 10.2. The Morgan fingerprint density at radius 1 is 1.26 bits per heavy atom. The molecule has 0 atom stereocenters. The summed E-state index contributed by atoms with van der Waals surface area (Å²) in [6.45, 7) is 8.42. The van der Waals surface area contributed by atoms with E-state index in [1.165, 1.54) is 18.1 Å². The average molecular weight is 451 g/mol. The van der Waals surface area contributed by atoms with Crippen LogP contribution in [0.2, 0.25) is 0 Å². The highest BCUT2D eigenvalue weighted by Gasteiger charge is 2.25. The summed E-state index contributed by atoms with van der Waals surface area (Å²) in [5, 5.41) is 1.91. The normalized spacial score (nSPS) is 10.9. The smallest absolute Gasteiger partial charge is 0.350 e. The van der Waals surface area contributed by atoms with Crippen LogP contribution < -0.4 is 5.06 Å². The van der Waals surface area contributed by atoms with Crippen molar-refractivity contribution in [2.75, 3.05) is 11.7 Å². The van der Waals surface area contributed by atoms with Gasteiger partial charge in [0, 0.05) is 12.5 Å². The van der Waals surface area contributed by atoms with Crippen LogP contribution in [0.3, 0.4) is 0 Å². The van der Waals surface area contributed by atoms with Crippen molar-refractivity contribution in [2.24, 2.45) is 0 Å². The molecule has 1 heterocycles. The summed E-state index contributed by atoms with van der Waals surface area (Å²) in [7, 11) is 0. The lowest BCUT2D eigenvalue weighted by Gasteiger charge is -2.29. The fraction of sp³-hybridized carbons (Fsp3) is 0.364. The Bertz CT molecular complexity index is 1000. The number of anilines is 2. The Morgan fingerprint density at radius 3 is 2.45 bits per heavy atom. The number of aromatic nitrogens is 1. The van der Waals surface area contributed by atoms with Crippen LogP contribution in [0.25, 0.3) is 6.08 Å². The zero-order valence-corrected chi connectivity index (χ0v) is 18.8. The molecule has 0 radical (unpaired) electrons. The number of aryl methyl sites for hydroxylation is 1. The van der Waals surface area contributed by atoms with Gasteiger partial charge in [0.2, 0.25) is 5.13 Å². The monoisotopic (exact) mass is 450 g/mol. The summed E-state index contributed by atoms with van der Waals surface area (Å²) in [6, 6.07) is 6.97. The third-order valence-electron chi connectivity index (χ3n) is 3.90. The highest BCUT2D eigenvalue weighted by molar-refractivity contribution is 7.17. The fourth-order valence-corrected chi connectivity index (χ4v) is 3.29. The Hall–Kier alpha value is -2.87. The van der Waals surface area contributed by atoms with Crippen molar-refractivity contribution in [3.05, 3.63) is 52.1 Å². The quantitative estimate of drug-likeness (QED) is 0.284. The van der Waals surface area contributed by atoms with E-state index in [0.717, 1.165) is 11.3 Å². The molecule has 0 fully saturated rings. The first-order chi connectivity index (χ1) is 14.5. The number of esters is 1. The van der Waals surface area contributed by atoms with Crippen molar-refractivity contribution in [3.63, 3.8) is 0 Å². The van der Waals surface area contributed by atoms with Gasteiger partial charge < -0.3 is 4.74 Å². The first-order valence-corrected chi connectivity index (χ1v) is 10.3. The van der Waals surface area contributed by atoms with Gasteiger partial charge in [-0.1, -0.05) is 23.5 Å². The number of hydrogen-bond donors (Lipinski definition) is 0. The molecule has 1 aromatic heterocycles. The molecule has 31 heavy (non-hydrogen) atoms. The topological polar surface area (TPSA) is 68.7 Å². The molecule has 0 saturated carbocycles. The third kappa shape index (κ3) is 7.10. The number of benzene rings is 1. The number of ether oxygens (including phenoxy) is 1. The van der Waals surface area contributed by atoms with Crippen LogP contribution in [-0.4, -0.2) is 29.1 Å². The standard InChI is InChI=1S/C22H24F2N2O4S/c1-14(19(23)24)11-13-29-20(28)18-15(2)25-21(31-18)26(30-22(3,4)5)17-8-6-16(7-9-17)10-12-27/h6-10H,11,13H2,1-5H3. The van der Waals surface area contributed by atoms with Gasteiger partial charge >= 0.3 is 5.97 Å². The molecule has 0 saturated heterocycles. The molecule has 0 bridgehead atoms. The summed E-state index contributed by atoms with van der Waals surface area (Å²) >= 11 is 1.08. The predicted molar refractivity (Wildman–Crippen MR) is 116 cm³/mol. The Kier molecular flexibility index (Phi) is 8.21. The van der Waals surface area contributed by atoms with Gasteiger partial charge in [-0.25, -0.2) is 14.6 Å². The molecule has 9 heteroatoms. The second-order valence-electron chi connectivity index (χ2n) is 7.69. The number of carbonyl (C=O) groups excluding carboxylic acids is 2. The Labute approximate surface area is 183 Å². The van der Waals surface area contributed by atoms with Gasteiger partial charge in [-0.05, 0) is 57.9 Å². The molecule has 2 rings (SSSR count). The van der Waals surface area contributed by atoms with Gasteiger partial charge in [0.1, 0.15) is 10.8 Å². The SMILES string of the molecule is CC(CCOC(=O)c1sc(N(OC(C)(C)C)c2ccc(C=C=O)cc2)nc1C)=C(F)F. The zero-order valence-electron chi connectivity index (χ0n) is 18.0. The van der Waals surface area contributed by atoms with Gasteiger partial charge in [0.05, 0.1) is 23.6 Å². The van der Waals surface area contributed by atoms with E-state index >= 15 is 0 Å². The average Bonchev–Trinajstić information content (AvgIpc) is 3.07. The molecule has 0 aliphatic heterocycles. The van der Waals surface area contributed by atoms with Crippen LogP contribution in [0.4, 0.5) is 19.6 Å². The molecule has 2 aromatic rings. The van der Waals surface area contributed by atoms with E-state index in [4.69, 9.17) is 9.57 Å². The van der Waals surface area contributed by atoms with Crippen molar-refractivity contribution >= 4 is 40.1 Å². The predicted octanol–water partition coefficient (Wildman–Crippen LogP) is 5.88. The Morgan fingerprint density at radius 2 is 1.90 bits per heavy atom. The van der Waals surface area contributed by atoms with E-state index in [-0.39, 0.29) is 23.5 Å². The van der Waals surface area contributed by atoms with E-state index < -0.39 is 17.7 Å². The van der Waals surface area contributed by atoms with Crippen LogP contribution >= 0.6 is 11.3 Å². The van der Waals surface area contributed by atoms with E-state index in [0.29, 0.717) is 22.1 Å². The molecular weight excluding hydrogens is 426 g/mol. The van der Waals surface area contributed by atoms with Crippen molar-refractivity contribution in [2.45, 2.75) is 46.6 Å². The second-order valence-corrected chi connectivity index (χ2v) is 8.67. The highest BCUT2D eigenvalue weighted by atomic mass is 32.1. The van der Waals surface area contributed by atoms with Gasteiger partial charge in [-0.3, -0.25) is 4.84 Å². The van der Waals surface area contributed by atoms with E-state index in [9.17, 15) is 18.4 Å². The van der Waals surface area contributed by atoms with E-state index in [1.54, 1.807) is 37.1 Å². The maximum Gasteiger partial charge on any atom is 0.350 e. The van der Waals surface area contributed by atoms with Crippen LogP contribution in [-0.2, 0) is 14.4 Å². The maximum atomic E-state index is 12.5.